The zero-order valence-corrected chi connectivity index (χ0v) is 15.5. The molecule has 1 heterocycles. The molecular formula is C18H13ClF3N5O2. The van der Waals surface area contributed by atoms with Crippen molar-refractivity contribution < 1.29 is 18.1 Å². The standard InChI is InChI=1S/C18H13ClF3N5O2/c1-10-2-5-12(6-3-10)25-16-15(27(28)29)17(24-9-23-16)26-14-8-11(18(20,21)22)4-7-13(14)19/h2-9H,1H3,(H2,23,24,25,26). The molecular weight excluding hydrogens is 411 g/mol. The molecule has 2 aromatic carbocycles. The van der Waals surface area contributed by atoms with Crippen LogP contribution in [0.3, 0.4) is 0 Å². The predicted molar refractivity (Wildman–Crippen MR) is 103 cm³/mol. The summed E-state index contributed by atoms with van der Waals surface area (Å²) in [5.74, 6) is -0.430. The van der Waals surface area contributed by atoms with Crippen LogP contribution >= 0.6 is 11.6 Å². The molecule has 2 N–H and O–H groups in total. The van der Waals surface area contributed by atoms with Gasteiger partial charge in [0.1, 0.15) is 6.33 Å². The van der Waals surface area contributed by atoms with Gasteiger partial charge < -0.3 is 10.6 Å². The zero-order valence-electron chi connectivity index (χ0n) is 14.8. The Morgan fingerprint density at radius 1 is 1.03 bits per heavy atom. The van der Waals surface area contributed by atoms with Crippen molar-refractivity contribution in [3.8, 4) is 0 Å². The molecule has 0 fully saturated rings. The minimum atomic E-state index is -4.60. The van der Waals surface area contributed by atoms with Crippen molar-refractivity contribution in [3.05, 3.63) is 75.1 Å². The molecule has 0 atom stereocenters. The maximum atomic E-state index is 13.0. The monoisotopic (exact) mass is 423 g/mol. The molecule has 0 spiro atoms. The molecule has 0 radical (unpaired) electrons. The van der Waals surface area contributed by atoms with E-state index < -0.39 is 22.4 Å². The summed E-state index contributed by atoms with van der Waals surface area (Å²) in [6, 6.07) is 9.63. The molecule has 0 aliphatic rings. The third kappa shape index (κ3) is 4.72. The number of nitrogens with zero attached hydrogens (tertiary/aromatic N) is 3. The lowest BCUT2D eigenvalue weighted by Gasteiger charge is -2.13. The van der Waals surface area contributed by atoms with Gasteiger partial charge in [-0.1, -0.05) is 29.3 Å². The molecule has 11 heteroatoms. The van der Waals surface area contributed by atoms with E-state index >= 15 is 0 Å². The molecule has 0 aliphatic carbocycles. The maximum absolute atomic E-state index is 13.0. The van der Waals surface area contributed by atoms with Gasteiger partial charge in [-0.25, -0.2) is 9.97 Å². The van der Waals surface area contributed by atoms with Gasteiger partial charge in [-0.3, -0.25) is 10.1 Å². The van der Waals surface area contributed by atoms with Crippen molar-refractivity contribution in [2.24, 2.45) is 0 Å². The van der Waals surface area contributed by atoms with Crippen LogP contribution in [-0.2, 0) is 6.18 Å². The third-order valence-electron chi connectivity index (χ3n) is 3.87. The summed E-state index contributed by atoms with van der Waals surface area (Å²) in [7, 11) is 0. The Bertz CT molecular complexity index is 1060. The van der Waals surface area contributed by atoms with E-state index in [0.29, 0.717) is 5.69 Å². The number of nitro groups is 1. The van der Waals surface area contributed by atoms with E-state index in [0.717, 1.165) is 30.1 Å². The van der Waals surface area contributed by atoms with Gasteiger partial charge in [0.2, 0.25) is 11.6 Å². The van der Waals surface area contributed by atoms with Gasteiger partial charge in [-0.2, -0.15) is 13.2 Å². The molecule has 3 rings (SSSR count). The Kier molecular flexibility index (Phi) is 5.55. The first-order valence-corrected chi connectivity index (χ1v) is 8.50. The van der Waals surface area contributed by atoms with Gasteiger partial charge in [0.05, 0.1) is 21.2 Å². The summed E-state index contributed by atoms with van der Waals surface area (Å²) >= 11 is 5.95. The van der Waals surface area contributed by atoms with Crippen LogP contribution in [0.25, 0.3) is 0 Å². The molecule has 150 valence electrons. The number of aryl methyl sites for hydroxylation is 1. The molecule has 0 amide bonds. The van der Waals surface area contributed by atoms with Crippen molar-refractivity contribution in [1.82, 2.24) is 9.97 Å². The van der Waals surface area contributed by atoms with Gasteiger partial charge >= 0.3 is 11.9 Å². The van der Waals surface area contributed by atoms with Gasteiger partial charge in [0.15, 0.2) is 0 Å². The second kappa shape index (κ2) is 7.92. The number of anilines is 4. The van der Waals surface area contributed by atoms with E-state index in [9.17, 15) is 23.3 Å². The average molecular weight is 424 g/mol. The lowest BCUT2D eigenvalue weighted by atomic mass is 10.2. The fourth-order valence-corrected chi connectivity index (χ4v) is 2.60. The summed E-state index contributed by atoms with van der Waals surface area (Å²) in [5, 5.41) is 16.9. The second-order valence-electron chi connectivity index (χ2n) is 5.99. The Hall–Kier alpha value is -3.40. The Balaban J connectivity index is 2.00. The quantitative estimate of drug-likeness (QED) is 0.395. The minimum Gasteiger partial charge on any atom is -0.334 e. The van der Waals surface area contributed by atoms with Crippen molar-refractivity contribution in [1.29, 1.82) is 0 Å². The number of halogens is 4. The van der Waals surface area contributed by atoms with Gasteiger partial charge in [-0.05, 0) is 37.3 Å². The number of hydrogen-bond acceptors (Lipinski definition) is 6. The second-order valence-corrected chi connectivity index (χ2v) is 6.39. The molecule has 0 saturated heterocycles. The van der Waals surface area contributed by atoms with Crippen LogP contribution in [0.2, 0.25) is 5.02 Å². The SMILES string of the molecule is Cc1ccc(Nc2ncnc(Nc3cc(C(F)(F)F)ccc3Cl)c2[N+](=O)[O-])cc1. The summed E-state index contributed by atoms with van der Waals surface area (Å²) in [6.45, 7) is 1.89. The topological polar surface area (TPSA) is 93.0 Å². The van der Waals surface area contributed by atoms with Crippen LogP contribution < -0.4 is 10.6 Å². The molecule has 0 unspecified atom stereocenters. The lowest BCUT2D eigenvalue weighted by Crippen LogP contribution is -2.08. The van der Waals surface area contributed by atoms with E-state index in [1.54, 1.807) is 24.3 Å². The van der Waals surface area contributed by atoms with Gasteiger partial charge in [0, 0.05) is 5.69 Å². The number of alkyl halides is 3. The highest BCUT2D eigenvalue weighted by molar-refractivity contribution is 6.33. The van der Waals surface area contributed by atoms with Crippen LogP contribution in [0, 0.1) is 17.0 Å². The highest BCUT2D eigenvalue weighted by Crippen LogP contribution is 2.37. The first-order chi connectivity index (χ1) is 13.6. The first-order valence-electron chi connectivity index (χ1n) is 8.12. The molecule has 0 aliphatic heterocycles. The Labute approximate surface area is 167 Å². The minimum absolute atomic E-state index is 0.0565. The van der Waals surface area contributed by atoms with Crippen LogP contribution in [0.15, 0.2) is 48.8 Å². The fourth-order valence-electron chi connectivity index (χ4n) is 2.43. The van der Waals surface area contributed by atoms with E-state index in [2.05, 4.69) is 20.6 Å². The summed E-state index contributed by atoms with van der Waals surface area (Å²) in [5.41, 5.74) is -0.139. The summed E-state index contributed by atoms with van der Waals surface area (Å²) in [6.07, 6.45) is -3.55. The van der Waals surface area contributed by atoms with Crippen molar-refractivity contribution in [2.45, 2.75) is 13.1 Å². The maximum Gasteiger partial charge on any atom is 0.416 e. The molecule has 1 aromatic heterocycles. The zero-order chi connectivity index (χ0) is 21.2. The summed E-state index contributed by atoms with van der Waals surface area (Å²) < 4.78 is 38.9. The van der Waals surface area contributed by atoms with Crippen LogP contribution in [0.1, 0.15) is 11.1 Å². The van der Waals surface area contributed by atoms with Crippen LogP contribution in [0.5, 0.6) is 0 Å². The fraction of sp³-hybridized carbons (Fsp3) is 0.111. The smallest absolute Gasteiger partial charge is 0.334 e. The number of benzene rings is 2. The molecule has 29 heavy (non-hydrogen) atoms. The molecule has 0 saturated carbocycles. The highest BCUT2D eigenvalue weighted by atomic mass is 35.5. The van der Waals surface area contributed by atoms with Crippen molar-refractivity contribution in [3.63, 3.8) is 0 Å². The Morgan fingerprint density at radius 2 is 1.66 bits per heavy atom. The number of rotatable bonds is 5. The summed E-state index contributed by atoms with van der Waals surface area (Å²) in [4.78, 5) is 18.6. The number of aromatic nitrogens is 2. The molecule has 0 bridgehead atoms. The van der Waals surface area contributed by atoms with E-state index in [1.165, 1.54) is 0 Å². The largest absolute Gasteiger partial charge is 0.416 e. The normalized spacial score (nSPS) is 11.2. The number of hydrogen-bond donors (Lipinski definition) is 2. The lowest BCUT2D eigenvalue weighted by molar-refractivity contribution is -0.383. The van der Waals surface area contributed by atoms with Crippen molar-refractivity contribution in [2.75, 3.05) is 10.6 Å². The average Bonchev–Trinajstić information content (AvgIpc) is 2.64. The first kappa shape index (κ1) is 20.3. The van der Waals surface area contributed by atoms with Crippen LogP contribution in [0.4, 0.5) is 41.9 Å². The van der Waals surface area contributed by atoms with E-state index in [4.69, 9.17) is 11.6 Å². The van der Waals surface area contributed by atoms with Gasteiger partial charge in [0.25, 0.3) is 0 Å². The predicted octanol–water partition coefficient (Wildman–Crippen LogP) is 5.85. The van der Waals surface area contributed by atoms with Gasteiger partial charge in [-0.15, -0.1) is 0 Å². The molecule has 7 nitrogen and oxygen atoms in total. The third-order valence-corrected chi connectivity index (χ3v) is 4.20. The Morgan fingerprint density at radius 3 is 2.24 bits per heavy atom. The van der Waals surface area contributed by atoms with E-state index in [-0.39, 0.29) is 22.3 Å². The van der Waals surface area contributed by atoms with Crippen LogP contribution in [-0.4, -0.2) is 14.9 Å². The molecule has 3 aromatic rings. The van der Waals surface area contributed by atoms with Crippen molar-refractivity contribution >= 4 is 40.3 Å². The number of nitrogens with one attached hydrogen (secondary N) is 2. The highest BCUT2D eigenvalue weighted by Gasteiger charge is 2.31. The van der Waals surface area contributed by atoms with E-state index in [1.807, 2.05) is 6.92 Å².